The molecule has 3 aromatic carbocycles. The number of carbonyl (C=O) groups excluding carboxylic acids is 2. The third-order valence-electron chi connectivity index (χ3n) is 5.99. The van der Waals surface area contributed by atoms with E-state index in [4.69, 9.17) is 32.7 Å². The lowest BCUT2D eigenvalue weighted by atomic mass is 9.67. The van der Waals surface area contributed by atoms with E-state index >= 15 is 0 Å². The van der Waals surface area contributed by atoms with Crippen molar-refractivity contribution in [2.24, 2.45) is 5.41 Å². The number of β-lactam (4-membered cyclic amide) rings is 1. The quantitative estimate of drug-likeness (QED) is 0.230. The largest absolute Gasteiger partial charge is 0.497 e. The second-order valence-electron chi connectivity index (χ2n) is 7.96. The van der Waals surface area contributed by atoms with Gasteiger partial charge in [0.05, 0.1) is 30.3 Å². The molecule has 3 aromatic rings. The molecule has 4 rings (SSSR count). The Balaban J connectivity index is 1.75. The standard InChI is InChI=1S/C27H23Cl2NO4/c1-33-21-11-8-19(9-12-21)17-30-24(20-6-4-3-5-7-20)27(25(30)31,26(32)34-2)15-14-18-10-13-22(28)23(29)16-18/h3-16,24H,17H2,1-2H3/b15-14+/t24-,27+/m1/s1. The molecule has 1 saturated heterocycles. The first kappa shape index (κ1) is 23.9. The predicted molar refractivity (Wildman–Crippen MR) is 133 cm³/mol. The number of methoxy groups -OCH3 is 2. The lowest BCUT2D eigenvalue weighted by molar-refractivity contribution is -0.184. The molecule has 174 valence electrons. The highest BCUT2D eigenvalue weighted by Crippen LogP contribution is 2.53. The normalized spacial score (nSPS) is 19.7. The van der Waals surface area contributed by atoms with Crippen LogP contribution < -0.4 is 4.74 Å². The Bertz CT molecular complexity index is 1230. The fraction of sp³-hybridized carbons (Fsp3) is 0.185. The molecule has 0 bridgehead atoms. The molecule has 0 saturated carbocycles. The van der Waals surface area contributed by atoms with Gasteiger partial charge in [0.25, 0.3) is 0 Å². The zero-order valence-electron chi connectivity index (χ0n) is 18.7. The van der Waals surface area contributed by atoms with Crippen LogP contribution in [0, 0.1) is 5.41 Å². The van der Waals surface area contributed by atoms with E-state index in [1.54, 1.807) is 42.4 Å². The zero-order chi connectivity index (χ0) is 24.3. The maximum absolute atomic E-state index is 13.6. The molecule has 2 atom stereocenters. The van der Waals surface area contributed by atoms with E-state index in [9.17, 15) is 9.59 Å². The van der Waals surface area contributed by atoms with Crippen LogP contribution in [0.1, 0.15) is 22.7 Å². The second kappa shape index (κ2) is 9.92. The van der Waals surface area contributed by atoms with E-state index in [1.807, 2.05) is 54.6 Å². The molecule has 7 heteroatoms. The van der Waals surface area contributed by atoms with Gasteiger partial charge < -0.3 is 14.4 Å². The van der Waals surface area contributed by atoms with Crippen molar-refractivity contribution in [3.05, 3.63) is 106 Å². The Labute approximate surface area is 208 Å². The molecule has 1 amide bonds. The molecule has 5 nitrogen and oxygen atoms in total. The summed E-state index contributed by atoms with van der Waals surface area (Å²) >= 11 is 12.2. The van der Waals surface area contributed by atoms with Crippen molar-refractivity contribution in [2.45, 2.75) is 12.6 Å². The maximum atomic E-state index is 13.6. The zero-order valence-corrected chi connectivity index (χ0v) is 20.2. The first-order chi connectivity index (χ1) is 16.4. The summed E-state index contributed by atoms with van der Waals surface area (Å²) in [4.78, 5) is 28.5. The molecule has 1 heterocycles. The Morgan fingerprint density at radius 2 is 1.71 bits per heavy atom. The average Bonchev–Trinajstić information content (AvgIpc) is 2.87. The number of esters is 1. The Morgan fingerprint density at radius 1 is 1.00 bits per heavy atom. The van der Waals surface area contributed by atoms with Gasteiger partial charge in [0.1, 0.15) is 5.75 Å². The number of ether oxygens (including phenoxy) is 2. The van der Waals surface area contributed by atoms with Crippen LogP contribution in [0.2, 0.25) is 10.0 Å². The first-order valence-electron chi connectivity index (χ1n) is 10.6. The number of nitrogens with zero attached hydrogens (tertiary/aromatic N) is 1. The molecule has 0 aromatic heterocycles. The van der Waals surface area contributed by atoms with Crippen LogP contribution in [-0.4, -0.2) is 31.0 Å². The lowest BCUT2D eigenvalue weighted by Crippen LogP contribution is -2.65. The van der Waals surface area contributed by atoms with Crippen LogP contribution in [-0.2, 0) is 20.9 Å². The van der Waals surface area contributed by atoms with E-state index < -0.39 is 17.4 Å². The molecule has 1 aliphatic heterocycles. The van der Waals surface area contributed by atoms with E-state index in [0.717, 1.165) is 16.9 Å². The van der Waals surface area contributed by atoms with Crippen LogP contribution in [0.3, 0.4) is 0 Å². The van der Waals surface area contributed by atoms with Crippen molar-refractivity contribution in [3.8, 4) is 5.75 Å². The van der Waals surface area contributed by atoms with Crippen LogP contribution in [0.25, 0.3) is 6.08 Å². The van der Waals surface area contributed by atoms with Gasteiger partial charge in [-0.15, -0.1) is 0 Å². The second-order valence-corrected chi connectivity index (χ2v) is 8.78. The highest BCUT2D eigenvalue weighted by molar-refractivity contribution is 6.42. The summed E-state index contributed by atoms with van der Waals surface area (Å²) in [6.45, 7) is 0.335. The van der Waals surface area contributed by atoms with Gasteiger partial charge in [0.15, 0.2) is 5.41 Å². The minimum Gasteiger partial charge on any atom is -0.497 e. The molecule has 34 heavy (non-hydrogen) atoms. The van der Waals surface area contributed by atoms with Crippen molar-refractivity contribution in [1.82, 2.24) is 4.90 Å². The Kier molecular flexibility index (Phi) is 6.96. The number of carbonyl (C=O) groups is 2. The summed E-state index contributed by atoms with van der Waals surface area (Å²) < 4.78 is 10.4. The van der Waals surface area contributed by atoms with E-state index in [0.29, 0.717) is 22.2 Å². The monoisotopic (exact) mass is 495 g/mol. The van der Waals surface area contributed by atoms with E-state index in [2.05, 4.69) is 0 Å². The van der Waals surface area contributed by atoms with E-state index in [-0.39, 0.29) is 5.91 Å². The highest BCUT2D eigenvalue weighted by atomic mass is 35.5. The van der Waals surface area contributed by atoms with Gasteiger partial charge in [-0.2, -0.15) is 0 Å². The summed E-state index contributed by atoms with van der Waals surface area (Å²) in [5.41, 5.74) is 0.960. The summed E-state index contributed by atoms with van der Waals surface area (Å²) in [5.74, 6) is -0.222. The SMILES string of the molecule is COC(=O)[C@]1(/C=C/c2ccc(Cl)c(Cl)c2)C(=O)N(Cc2ccc(OC)cc2)[C@@H]1c1ccccc1. The van der Waals surface area contributed by atoms with Gasteiger partial charge in [0.2, 0.25) is 5.91 Å². The number of hydrogen-bond donors (Lipinski definition) is 0. The lowest BCUT2D eigenvalue weighted by Gasteiger charge is -2.53. The maximum Gasteiger partial charge on any atom is 0.327 e. The minimum atomic E-state index is -1.51. The number of rotatable bonds is 7. The fourth-order valence-electron chi connectivity index (χ4n) is 4.26. The number of hydrogen-bond acceptors (Lipinski definition) is 4. The van der Waals surface area contributed by atoms with Crippen molar-refractivity contribution in [1.29, 1.82) is 0 Å². The van der Waals surface area contributed by atoms with Gasteiger partial charge in [-0.1, -0.05) is 83.9 Å². The molecule has 1 fully saturated rings. The van der Waals surface area contributed by atoms with Crippen molar-refractivity contribution >= 4 is 41.2 Å². The Hall–Kier alpha value is -3.28. The van der Waals surface area contributed by atoms with Crippen molar-refractivity contribution in [2.75, 3.05) is 14.2 Å². The van der Waals surface area contributed by atoms with Crippen molar-refractivity contribution in [3.63, 3.8) is 0 Å². The number of likely N-dealkylation sites (tertiary alicyclic amines) is 1. The Morgan fingerprint density at radius 3 is 2.32 bits per heavy atom. The van der Waals surface area contributed by atoms with Gasteiger partial charge in [0, 0.05) is 6.54 Å². The van der Waals surface area contributed by atoms with Gasteiger partial charge >= 0.3 is 5.97 Å². The van der Waals surface area contributed by atoms with Crippen LogP contribution >= 0.6 is 23.2 Å². The molecular weight excluding hydrogens is 473 g/mol. The highest BCUT2D eigenvalue weighted by Gasteiger charge is 2.65. The molecule has 0 radical (unpaired) electrons. The molecule has 0 N–H and O–H groups in total. The predicted octanol–water partition coefficient (Wildman–Crippen LogP) is 5.96. The smallest absolute Gasteiger partial charge is 0.327 e. The minimum absolute atomic E-state index is 0.333. The molecular formula is C27H23Cl2NO4. The third-order valence-corrected chi connectivity index (χ3v) is 6.73. The molecule has 1 aliphatic rings. The average molecular weight is 496 g/mol. The van der Waals surface area contributed by atoms with Gasteiger partial charge in [-0.25, -0.2) is 0 Å². The summed E-state index contributed by atoms with van der Waals surface area (Å²) in [5, 5.41) is 0.811. The van der Waals surface area contributed by atoms with Crippen LogP contribution in [0.5, 0.6) is 5.75 Å². The summed E-state index contributed by atoms with van der Waals surface area (Å²) in [7, 11) is 2.89. The van der Waals surface area contributed by atoms with Gasteiger partial charge in [-0.3, -0.25) is 9.59 Å². The summed E-state index contributed by atoms with van der Waals surface area (Å²) in [6.07, 6.45) is 3.32. The molecule has 0 unspecified atom stereocenters. The van der Waals surface area contributed by atoms with Gasteiger partial charge in [-0.05, 0) is 41.0 Å². The third kappa shape index (κ3) is 4.29. The molecule has 0 aliphatic carbocycles. The number of amides is 1. The van der Waals surface area contributed by atoms with Crippen LogP contribution in [0.4, 0.5) is 0 Å². The summed E-state index contributed by atoms with van der Waals surface area (Å²) in [6, 6.07) is 21.5. The molecule has 0 spiro atoms. The topological polar surface area (TPSA) is 55.8 Å². The fourth-order valence-corrected chi connectivity index (χ4v) is 4.57. The van der Waals surface area contributed by atoms with Crippen molar-refractivity contribution < 1.29 is 19.1 Å². The van der Waals surface area contributed by atoms with Crippen LogP contribution in [0.15, 0.2) is 78.9 Å². The van der Waals surface area contributed by atoms with E-state index in [1.165, 1.54) is 7.11 Å². The number of benzene rings is 3. The number of halogens is 2. The first-order valence-corrected chi connectivity index (χ1v) is 11.4.